The van der Waals surface area contributed by atoms with Crippen LogP contribution in [0.3, 0.4) is 0 Å². The maximum atomic E-state index is 10.6. The van der Waals surface area contributed by atoms with Crippen molar-refractivity contribution in [2.45, 2.75) is 4.90 Å². The summed E-state index contributed by atoms with van der Waals surface area (Å²) in [5.41, 5.74) is 0. The van der Waals surface area contributed by atoms with Gasteiger partial charge in [0, 0.05) is 13.7 Å². The first-order chi connectivity index (χ1) is 6.59. The number of fused-ring (bicyclic) bond motifs is 1. The molecule has 72 valence electrons. The first-order valence-electron chi connectivity index (χ1n) is 3.65. The summed E-state index contributed by atoms with van der Waals surface area (Å²) in [5.74, 6) is 0. The molecule has 2 aromatic rings. The smallest absolute Gasteiger partial charge is 0.258 e. The van der Waals surface area contributed by atoms with E-state index < -0.39 is 0 Å². The van der Waals surface area contributed by atoms with E-state index in [-0.39, 0.29) is 9.92 Å². The molecule has 0 spiro atoms. The van der Waals surface area contributed by atoms with Gasteiger partial charge in [0.1, 0.15) is 4.90 Å². The number of thiol groups is 1. The highest BCUT2D eigenvalue weighted by Gasteiger charge is 2.18. The van der Waals surface area contributed by atoms with Crippen LogP contribution in [0.2, 0.25) is 0 Å². The van der Waals surface area contributed by atoms with Crippen LogP contribution in [0.5, 0.6) is 0 Å². The number of hydrogen-bond donors (Lipinski definition) is 1. The summed E-state index contributed by atoms with van der Waals surface area (Å²) < 4.78 is 1.98. The van der Waals surface area contributed by atoms with Crippen molar-refractivity contribution < 1.29 is 4.92 Å². The highest BCUT2D eigenvalue weighted by Crippen LogP contribution is 2.39. The van der Waals surface area contributed by atoms with E-state index in [0.29, 0.717) is 4.90 Å². The predicted octanol–water partition coefficient (Wildman–Crippen LogP) is 3.70. The molecule has 0 fully saturated rings. The second-order valence-electron chi connectivity index (χ2n) is 2.65. The van der Waals surface area contributed by atoms with E-state index in [1.165, 1.54) is 11.3 Å². The van der Waals surface area contributed by atoms with Gasteiger partial charge in [-0.25, -0.2) is 0 Å². The third-order valence-electron chi connectivity index (χ3n) is 1.77. The Morgan fingerprint density at radius 1 is 1.50 bits per heavy atom. The Bertz CT molecular complexity index is 523. The van der Waals surface area contributed by atoms with Gasteiger partial charge >= 0.3 is 5.00 Å². The molecule has 1 aromatic heterocycles. The van der Waals surface area contributed by atoms with Crippen molar-refractivity contribution in [3.8, 4) is 0 Å². The molecule has 0 bridgehead atoms. The molecule has 1 heterocycles. The summed E-state index contributed by atoms with van der Waals surface area (Å²) >= 11 is 7.50. The van der Waals surface area contributed by atoms with Crippen LogP contribution in [0.1, 0.15) is 0 Å². The molecule has 0 aliphatic heterocycles. The minimum absolute atomic E-state index is 0.116. The molecule has 0 aliphatic rings. The molecule has 2 rings (SSSR count). The van der Waals surface area contributed by atoms with Crippen molar-refractivity contribution in [1.29, 1.82) is 0 Å². The maximum Gasteiger partial charge on any atom is 0.338 e. The van der Waals surface area contributed by atoms with Crippen LogP contribution in [0.25, 0.3) is 10.1 Å². The summed E-state index contributed by atoms with van der Waals surface area (Å²) in [7, 11) is 0. The highest BCUT2D eigenvalue weighted by atomic mass is 127. The molecule has 14 heavy (non-hydrogen) atoms. The molecule has 0 saturated heterocycles. The van der Waals surface area contributed by atoms with E-state index in [2.05, 4.69) is 35.2 Å². The second-order valence-corrected chi connectivity index (χ2v) is 5.38. The molecule has 0 radical (unpaired) electrons. The zero-order valence-electron chi connectivity index (χ0n) is 6.73. The first-order valence-corrected chi connectivity index (χ1v) is 5.99. The van der Waals surface area contributed by atoms with E-state index in [9.17, 15) is 10.1 Å². The number of nitrogens with zero attached hydrogens (tertiary/aromatic N) is 1. The summed E-state index contributed by atoms with van der Waals surface area (Å²) in [6, 6.07) is 5.70. The van der Waals surface area contributed by atoms with Gasteiger partial charge in [-0.1, -0.05) is 17.4 Å². The fraction of sp³-hybridized carbons (Fsp3) is 0. The second kappa shape index (κ2) is 3.67. The van der Waals surface area contributed by atoms with Crippen molar-refractivity contribution >= 4 is 61.6 Å². The van der Waals surface area contributed by atoms with Gasteiger partial charge in [0.15, 0.2) is 0 Å². The van der Waals surface area contributed by atoms with E-state index in [1.54, 1.807) is 0 Å². The van der Waals surface area contributed by atoms with Crippen LogP contribution in [0.15, 0.2) is 23.1 Å². The Kier molecular flexibility index (Phi) is 2.67. The number of hydrogen-bond acceptors (Lipinski definition) is 4. The summed E-state index contributed by atoms with van der Waals surface area (Å²) in [6.45, 7) is 0. The zero-order valence-corrected chi connectivity index (χ0v) is 10.6. The molecule has 0 aliphatic carbocycles. The largest absolute Gasteiger partial charge is 0.338 e. The van der Waals surface area contributed by atoms with Crippen LogP contribution in [0, 0.1) is 13.7 Å². The SMILES string of the molecule is O=[N+]([O-])c1sc2cc(I)ccc2c1S. The first kappa shape index (κ1) is 10.2. The van der Waals surface area contributed by atoms with Crippen molar-refractivity contribution in [3.05, 3.63) is 31.9 Å². The fourth-order valence-electron chi connectivity index (χ4n) is 1.17. The van der Waals surface area contributed by atoms with Crippen molar-refractivity contribution in [2.75, 3.05) is 0 Å². The molecule has 0 N–H and O–H groups in total. The summed E-state index contributed by atoms with van der Waals surface area (Å²) in [5, 5.41) is 11.6. The highest BCUT2D eigenvalue weighted by molar-refractivity contribution is 14.1. The molecule has 0 atom stereocenters. The lowest BCUT2D eigenvalue weighted by Gasteiger charge is -1.90. The lowest BCUT2D eigenvalue weighted by atomic mass is 10.3. The average molecular weight is 337 g/mol. The molecule has 6 heteroatoms. The standard InChI is InChI=1S/C8H4INO2S2/c9-4-1-2-5-6(3-4)14-8(7(5)13)10(11)12/h1-3,13H. The zero-order chi connectivity index (χ0) is 10.3. The van der Waals surface area contributed by atoms with Gasteiger partial charge in [0.2, 0.25) is 0 Å². The fourth-order valence-corrected chi connectivity index (χ4v) is 3.31. The number of benzene rings is 1. The van der Waals surface area contributed by atoms with E-state index in [4.69, 9.17) is 0 Å². The van der Waals surface area contributed by atoms with Crippen LogP contribution in [0.4, 0.5) is 5.00 Å². The van der Waals surface area contributed by atoms with Crippen molar-refractivity contribution in [2.24, 2.45) is 0 Å². The normalized spacial score (nSPS) is 10.7. The Balaban J connectivity index is 2.79. The number of rotatable bonds is 1. The maximum absolute atomic E-state index is 10.6. The number of thiophene rings is 1. The average Bonchev–Trinajstić information content (AvgIpc) is 2.43. The minimum Gasteiger partial charge on any atom is -0.258 e. The van der Waals surface area contributed by atoms with Gasteiger partial charge in [-0.2, -0.15) is 0 Å². The number of nitro groups is 1. The summed E-state index contributed by atoms with van der Waals surface area (Å²) in [6.07, 6.45) is 0. The van der Waals surface area contributed by atoms with Gasteiger partial charge in [-0.05, 0) is 34.7 Å². The van der Waals surface area contributed by atoms with Gasteiger partial charge < -0.3 is 0 Å². The Morgan fingerprint density at radius 2 is 2.21 bits per heavy atom. The quantitative estimate of drug-likeness (QED) is 0.373. The van der Waals surface area contributed by atoms with Crippen molar-refractivity contribution in [3.63, 3.8) is 0 Å². The minimum atomic E-state index is -0.389. The molecule has 0 saturated carbocycles. The van der Waals surface area contributed by atoms with Crippen LogP contribution in [-0.4, -0.2) is 4.92 Å². The Hall–Kier alpha value is -0.340. The molecule has 1 aromatic carbocycles. The molecular formula is C8H4INO2S2. The van der Waals surface area contributed by atoms with Crippen molar-refractivity contribution in [1.82, 2.24) is 0 Å². The predicted molar refractivity (Wildman–Crippen MR) is 68.4 cm³/mol. The van der Waals surface area contributed by atoms with Gasteiger partial charge in [0.25, 0.3) is 0 Å². The Labute approximate surface area is 103 Å². The third kappa shape index (κ3) is 1.61. The van der Waals surface area contributed by atoms with E-state index in [1.807, 2.05) is 18.2 Å². The monoisotopic (exact) mass is 337 g/mol. The third-order valence-corrected chi connectivity index (χ3v) is 4.15. The van der Waals surface area contributed by atoms with Gasteiger partial charge in [-0.15, -0.1) is 12.6 Å². The topological polar surface area (TPSA) is 43.1 Å². The lowest BCUT2D eigenvalue weighted by molar-refractivity contribution is -0.382. The molecule has 3 nitrogen and oxygen atoms in total. The van der Waals surface area contributed by atoms with Crippen LogP contribution < -0.4 is 0 Å². The van der Waals surface area contributed by atoms with E-state index >= 15 is 0 Å². The Morgan fingerprint density at radius 3 is 2.86 bits per heavy atom. The molecule has 0 amide bonds. The lowest BCUT2D eigenvalue weighted by Crippen LogP contribution is -1.83. The molecule has 0 unspecified atom stereocenters. The van der Waals surface area contributed by atoms with Gasteiger partial charge in [-0.3, -0.25) is 10.1 Å². The van der Waals surface area contributed by atoms with E-state index in [0.717, 1.165) is 13.7 Å². The summed E-state index contributed by atoms with van der Waals surface area (Å²) in [4.78, 5) is 10.7. The molecular weight excluding hydrogens is 333 g/mol. The number of halogens is 1. The van der Waals surface area contributed by atoms with Gasteiger partial charge in [0.05, 0.1) is 4.92 Å². The van der Waals surface area contributed by atoms with Crippen LogP contribution >= 0.6 is 46.6 Å². The van der Waals surface area contributed by atoms with Crippen LogP contribution in [-0.2, 0) is 0 Å².